The minimum absolute atomic E-state index is 0.118. The number of urea groups is 1. The predicted molar refractivity (Wildman–Crippen MR) is 124 cm³/mol. The van der Waals surface area contributed by atoms with Crippen molar-refractivity contribution in [1.29, 1.82) is 0 Å². The van der Waals surface area contributed by atoms with Gasteiger partial charge in [0, 0.05) is 29.8 Å². The van der Waals surface area contributed by atoms with Crippen molar-refractivity contribution in [3.8, 4) is 5.69 Å². The fraction of sp³-hybridized carbons (Fsp3) is 0.261. The molecule has 3 amide bonds. The quantitative estimate of drug-likeness (QED) is 0.477. The molecule has 8 heteroatoms. The number of amides is 3. The van der Waals surface area contributed by atoms with Gasteiger partial charge in [-0.1, -0.05) is 23.9 Å². The molecular formula is C23H25N5O2S. The van der Waals surface area contributed by atoms with E-state index in [9.17, 15) is 9.59 Å². The van der Waals surface area contributed by atoms with Crippen LogP contribution in [0, 0.1) is 13.8 Å². The maximum Gasteiger partial charge on any atom is 0.319 e. The summed E-state index contributed by atoms with van der Waals surface area (Å²) in [6.07, 6.45) is 5.74. The minimum atomic E-state index is -0.199. The Kier molecular flexibility index (Phi) is 6.27. The second kappa shape index (κ2) is 9.26. The Balaban J connectivity index is 1.31. The monoisotopic (exact) mass is 435 g/mol. The summed E-state index contributed by atoms with van der Waals surface area (Å²) < 4.78 is 2.01. The number of carbonyl (C=O) groups excluding carboxylic acids is 2. The van der Waals surface area contributed by atoms with Crippen molar-refractivity contribution in [3.05, 3.63) is 66.0 Å². The van der Waals surface area contributed by atoms with Crippen LogP contribution in [0.4, 0.5) is 16.2 Å². The first-order valence-corrected chi connectivity index (χ1v) is 11.2. The highest BCUT2D eigenvalue weighted by atomic mass is 32.2. The first-order valence-electron chi connectivity index (χ1n) is 10.2. The van der Waals surface area contributed by atoms with Crippen LogP contribution in [-0.4, -0.2) is 33.3 Å². The van der Waals surface area contributed by atoms with Crippen molar-refractivity contribution in [2.75, 3.05) is 16.4 Å². The molecule has 0 aliphatic heterocycles. The van der Waals surface area contributed by atoms with Gasteiger partial charge >= 0.3 is 6.03 Å². The second-order valence-corrected chi connectivity index (χ2v) is 8.53. The molecule has 1 heterocycles. The summed E-state index contributed by atoms with van der Waals surface area (Å²) in [5.74, 6) is 0.124. The summed E-state index contributed by atoms with van der Waals surface area (Å²) in [5, 5.41) is 9.31. The van der Waals surface area contributed by atoms with Gasteiger partial charge in [-0.15, -0.1) is 0 Å². The van der Waals surface area contributed by atoms with Crippen molar-refractivity contribution < 1.29 is 9.59 Å². The molecule has 1 aromatic heterocycles. The van der Waals surface area contributed by atoms with Crippen LogP contribution in [0.5, 0.6) is 0 Å². The lowest BCUT2D eigenvalue weighted by Crippen LogP contribution is -2.30. The summed E-state index contributed by atoms with van der Waals surface area (Å²) in [5.41, 5.74) is 4.82. The van der Waals surface area contributed by atoms with E-state index in [1.807, 2.05) is 16.8 Å². The number of hydrogen-bond acceptors (Lipinski definition) is 4. The summed E-state index contributed by atoms with van der Waals surface area (Å²) in [4.78, 5) is 28.6. The van der Waals surface area contributed by atoms with Crippen LogP contribution in [0.3, 0.4) is 0 Å². The van der Waals surface area contributed by atoms with Gasteiger partial charge in [0.25, 0.3) is 0 Å². The highest BCUT2D eigenvalue weighted by molar-refractivity contribution is 7.99. The number of nitrogens with one attached hydrogen (secondary N) is 3. The number of aromatic nitrogens is 2. The lowest BCUT2D eigenvalue weighted by molar-refractivity contribution is -0.113. The van der Waals surface area contributed by atoms with E-state index in [1.54, 1.807) is 30.5 Å². The number of anilines is 2. The third kappa shape index (κ3) is 5.46. The van der Waals surface area contributed by atoms with Gasteiger partial charge in [-0.2, -0.15) is 0 Å². The molecule has 31 heavy (non-hydrogen) atoms. The molecule has 3 N–H and O–H groups in total. The van der Waals surface area contributed by atoms with Gasteiger partial charge in [0.1, 0.15) is 0 Å². The van der Waals surface area contributed by atoms with Gasteiger partial charge in [0.05, 0.1) is 11.4 Å². The summed E-state index contributed by atoms with van der Waals surface area (Å²) in [7, 11) is 0. The second-order valence-electron chi connectivity index (χ2n) is 7.59. The maximum absolute atomic E-state index is 12.4. The zero-order chi connectivity index (χ0) is 21.8. The molecule has 0 saturated heterocycles. The van der Waals surface area contributed by atoms with E-state index >= 15 is 0 Å². The van der Waals surface area contributed by atoms with Crippen LogP contribution in [0.15, 0.2) is 60.0 Å². The van der Waals surface area contributed by atoms with Crippen molar-refractivity contribution in [3.63, 3.8) is 0 Å². The first kappa shape index (κ1) is 21.0. The molecule has 1 fully saturated rings. The third-order valence-corrected chi connectivity index (χ3v) is 6.08. The zero-order valence-electron chi connectivity index (χ0n) is 17.5. The molecule has 0 atom stereocenters. The fourth-order valence-corrected chi connectivity index (χ4v) is 3.89. The van der Waals surface area contributed by atoms with E-state index in [1.165, 1.54) is 22.9 Å². The highest BCUT2D eigenvalue weighted by Gasteiger charge is 2.23. The maximum atomic E-state index is 12.4. The zero-order valence-corrected chi connectivity index (χ0v) is 18.3. The number of rotatable bonds is 7. The average Bonchev–Trinajstić information content (AvgIpc) is 3.43. The van der Waals surface area contributed by atoms with Crippen molar-refractivity contribution in [2.45, 2.75) is 37.9 Å². The standard InChI is InChI=1S/C23H25N5O2S/c1-15-4-3-5-20(16(15)2)28-13-12-24-23(28)31-14-21(29)25-17-6-8-18(9-7-17)26-22(30)27-19-10-11-19/h3-9,12-13,19H,10-11,14H2,1-2H3,(H,25,29)(H2,26,27,30). The third-order valence-electron chi connectivity index (χ3n) is 5.11. The van der Waals surface area contributed by atoms with Crippen LogP contribution < -0.4 is 16.0 Å². The van der Waals surface area contributed by atoms with Gasteiger partial charge in [-0.3, -0.25) is 9.36 Å². The van der Waals surface area contributed by atoms with Crippen LogP contribution in [0.2, 0.25) is 0 Å². The molecule has 2 aromatic carbocycles. The topological polar surface area (TPSA) is 88.1 Å². The fourth-order valence-electron chi connectivity index (χ4n) is 3.12. The lowest BCUT2D eigenvalue weighted by atomic mass is 10.1. The molecule has 1 aliphatic carbocycles. The summed E-state index contributed by atoms with van der Waals surface area (Å²) in [6.45, 7) is 4.16. The molecule has 0 unspecified atom stereocenters. The van der Waals surface area contributed by atoms with Crippen molar-refractivity contribution >= 4 is 35.1 Å². The Morgan fingerprint density at radius 1 is 1.06 bits per heavy atom. The van der Waals surface area contributed by atoms with E-state index in [0.29, 0.717) is 17.4 Å². The molecule has 160 valence electrons. The molecule has 1 aliphatic rings. The Morgan fingerprint density at radius 2 is 1.77 bits per heavy atom. The molecule has 1 saturated carbocycles. The largest absolute Gasteiger partial charge is 0.335 e. The van der Waals surface area contributed by atoms with Crippen LogP contribution in [0.1, 0.15) is 24.0 Å². The Labute approximate surface area is 185 Å². The number of carbonyl (C=O) groups is 2. The number of thioether (sulfide) groups is 1. The van der Waals surface area contributed by atoms with Crippen LogP contribution in [0.25, 0.3) is 5.69 Å². The van der Waals surface area contributed by atoms with E-state index in [-0.39, 0.29) is 17.7 Å². The number of nitrogens with zero attached hydrogens (tertiary/aromatic N) is 2. The van der Waals surface area contributed by atoms with Crippen molar-refractivity contribution in [2.24, 2.45) is 0 Å². The minimum Gasteiger partial charge on any atom is -0.335 e. The van der Waals surface area contributed by atoms with Crippen molar-refractivity contribution in [1.82, 2.24) is 14.9 Å². The van der Waals surface area contributed by atoms with E-state index in [4.69, 9.17) is 0 Å². The van der Waals surface area contributed by atoms with E-state index in [0.717, 1.165) is 23.7 Å². The SMILES string of the molecule is Cc1cccc(-n2ccnc2SCC(=O)Nc2ccc(NC(=O)NC3CC3)cc2)c1C. The number of benzene rings is 2. The lowest BCUT2D eigenvalue weighted by Gasteiger charge is -2.12. The first-order chi connectivity index (χ1) is 15.0. The normalized spacial score (nSPS) is 13.0. The summed E-state index contributed by atoms with van der Waals surface area (Å²) >= 11 is 1.39. The number of imidazole rings is 1. The smallest absolute Gasteiger partial charge is 0.319 e. The molecule has 4 rings (SSSR count). The van der Waals surface area contributed by atoms with Gasteiger partial charge < -0.3 is 16.0 Å². The number of aryl methyl sites for hydroxylation is 1. The predicted octanol–water partition coefficient (Wildman–Crippen LogP) is 4.50. The molecule has 0 spiro atoms. The highest BCUT2D eigenvalue weighted by Crippen LogP contribution is 2.24. The average molecular weight is 436 g/mol. The molecule has 7 nitrogen and oxygen atoms in total. The van der Waals surface area contributed by atoms with Gasteiger partial charge in [-0.25, -0.2) is 9.78 Å². The van der Waals surface area contributed by atoms with E-state index < -0.39 is 0 Å². The van der Waals surface area contributed by atoms with Crippen LogP contribution >= 0.6 is 11.8 Å². The van der Waals surface area contributed by atoms with Gasteiger partial charge in [-0.05, 0) is 68.1 Å². The molecule has 3 aromatic rings. The van der Waals surface area contributed by atoms with Crippen LogP contribution in [-0.2, 0) is 4.79 Å². The Morgan fingerprint density at radius 3 is 2.48 bits per heavy atom. The number of hydrogen-bond donors (Lipinski definition) is 3. The molecular weight excluding hydrogens is 410 g/mol. The van der Waals surface area contributed by atoms with Gasteiger partial charge in [0.15, 0.2) is 5.16 Å². The summed E-state index contributed by atoms with van der Waals surface area (Å²) in [6, 6.07) is 13.3. The molecule has 0 radical (unpaired) electrons. The Hall–Kier alpha value is -3.26. The van der Waals surface area contributed by atoms with Gasteiger partial charge in [0.2, 0.25) is 5.91 Å². The van der Waals surface area contributed by atoms with E-state index in [2.05, 4.69) is 46.9 Å². The Bertz CT molecular complexity index is 1090. The molecule has 0 bridgehead atoms.